The summed E-state index contributed by atoms with van der Waals surface area (Å²) >= 11 is 0. The number of aryl methyl sites for hydroxylation is 1. The predicted molar refractivity (Wildman–Crippen MR) is 94.7 cm³/mol. The molecule has 3 rings (SSSR count). The van der Waals surface area contributed by atoms with Crippen LogP contribution in [-0.4, -0.2) is 22.9 Å². The molecule has 0 unspecified atom stereocenters. The lowest BCUT2D eigenvalue weighted by molar-refractivity contribution is -0.136. The summed E-state index contributed by atoms with van der Waals surface area (Å²) in [5, 5.41) is 0. The van der Waals surface area contributed by atoms with Crippen molar-refractivity contribution in [1.82, 2.24) is 4.57 Å². The van der Waals surface area contributed by atoms with Crippen LogP contribution in [0.4, 0.5) is 0 Å². The van der Waals surface area contributed by atoms with Crippen LogP contribution in [0.3, 0.4) is 0 Å². The van der Waals surface area contributed by atoms with Crippen LogP contribution in [0.2, 0.25) is 0 Å². The van der Waals surface area contributed by atoms with E-state index in [4.69, 9.17) is 13.6 Å². The average molecular weight is 353 g/mol. The number of ether oxygens (including phenoxy) is 1. The molecule has 134 valence electrons. The third-order valence-corrected chi connectivity index (χ3v) is 4.04. The molecule has 0 bridgehead atoms. The number of nitrogens with zero attached hydrogens (tertiary/aromatic N) is 1. The molecule has 3 heterocycles. The predicted octanol–water partition coefficient (Wildman–Crippen LogP) is 3.78. The quantitative estimate of drug-likeness (QED) is 0.367. The number of esters is 1. The van der Waals surface area contributed by atoms with Gasteiger partial charge in [-0.25, -0.2) is 4.79 Å². The minimum absolute atomic E-state index is 0.247. The minimum atomic E-state index is -0.598. The molecule has 0 amide bonds. The van der Waals surface area contributed by atoms with E-state index in [0.717, 1.165) is 17.1 Å². The summed E-state index contributed by atoms with van der Waals surface area (Å²) in [4.78, 5) is 24.1. The van der Waals surface area contributed by atoms with Crippen molar-refractivity contribution < 1.29 is 23.2 Å². The van der Waals surface area contributed by atoms with Crippen LogP contribution in [-0.2, 0) is 16.1 Å². The Labute approximate surface area is 150 Å². The summed E-state index contributed by atoms with van der Waals surface area (Å²) in [7, 11) is 0. The molecule has 3 aromatic heterocycles. The van der Waals surface area contributed by atoms with Gasteiger partial charge in [0, 0.05) is 23.0 Å². The van der Waals surface area contributed by atoms with E-state index in [0.29, 0.717) is 17.9 Å². The van der Waals surface area contributed by atoms with Crippen LogP contribution in [0, 0.1) is 13.8 Å². The van der Waals surface area contributed by atoms with Crippen molar-refractivity contribution in [2.24, 2.45) is 0 Å². The molecule has 3 aromatic rings. The molecule has 0 aliphatic carbocycles. The zero-order chi connectivity index (χ0) is 18.5. The molecule has 0 aliphatic rings. The van der Waals surface area contributed by atoms with Gasteiger partial charge in [0.15, 0.2) is 6.61 Å². The van der Waals surface area contributed by atoms with Gasteiger partial charge in [0.1, 0.15) is 11.5 Å². The molecule has 0 atom stereocenters. The number of hydrogen-bond donors (Lipinski definition) is 0. The first-order valence-electron chi connectivity index (χ1n) is 8.15. The minimum Gasteiger partial charge on any atom is -0.467 e. The Kier molecular flexibility index (Phi) is 5.22. The van der Waals surface area contributed by atoms with Gasteiger partial charge in [-0.3, -0.25) is 4.79 Å². The van der Waals surface area contributed by atoms with Crippen LogP contribution in [0.5, 0.6) is 0 Å². The Balaban J connectivity index is 1.62. The maximum atomic E-state index is 12.4. The van der Waals surface area contributed by atoms with Crippen molar-refractivity contribution in [3.8, 4) is 0 Å². The van der Waals surface area contributed by atoms with Gasteiger partial charge in [-0.1, -0.05) is 0 Å². The molecule has 0 aliphatic heterocycles. The summed E-state index contributed by atoms with van der Waals surface area (Å²) in [5.41, 5.74) is 2.29. The highest BCUT2D eigenvalue weighted by Gasteiger charge is 2.17. The van der Waals surface area contributed by atoms with E-state index in [9.17, 15) is 9.59 Å². The average Bonchev–Trinajstić information content (AvgIpc) is 3.37. The van der Waals surface area contributed by atoms with E-state index in [1.54, 1.807) is 24.5 Å². The number of carbonyl (C=O) groups is 2. The molecule has 0 aromatic carbocycles. The van der Waals surface area contributed by atoms with Crippen LogP contribution in [0.25, 0.3) is 6.08 Å². The number of furan rings is 2. The maximum absolute atomic E-state index is 12.4. The Bertz CT molecular complexity index is 914. The zero-order valence-corrected chi connectivity index (χ0v) is 14.6. The van der Waals surface area contributed by atoms with Crippen molar-refractivity contribution in [2.75, 3.05) is 6.61 Å². The Morgan fingerprint density at radius 2 is 1.92 bits per heavy atom. The van der Waals surface area contributed by atoms with Gasteiger partial charge < -0.3 is 18.1 Å². The van der Waals surface area contributed by atoms with E-state index < -0.39 is 5.97 Å². The van der Waals surface area contributed by atoms with Gasteiger partial charge in [0.05, 0.1) is 19.1 Å². The molecule has 0 saturated carbocycles. The Morgan fingerprint density at radius 3 is 2.62 bits per heavy atom. The van der Waals surface area contributed by atoms with E-state index in [1.165, 1.54) is 18.4 Å². The molecule has 6 nitrogen and oxygen atoms in total. The number of hydrogen-bond acceptors (Lipinski definition) is 5. The van der Waals surface area contributed by atoms with Crippen LogP contribution in [0.15, 0.2) is 57.8 Å². The fourth-order valence-corrected chi connectivity index (χ4v) is 2.68. The summed E-state index contributed by atoms with van der Waals surface area (Å²) < 4.78 is 17.5. The first kappa shape index (κ1) is 17.5. The van der Waals surface area contributed by atoms with Crippen LogP contribution < -0.4 is 0 Å². The first-order chi connectivity index (χ1) is 12.5. The van der Waals surface area contributed by atoms with Crippen LogP contribution in [0.1, 0.15) is 33.3 Å². The van der Waals surface area contributed by atoms with Gasteiger partial charge in [-0.15, -0.1) is 0 Å². The normalized spacial score (nSPS) is 11.2. The lowest BCUT2D eigenvalue weighted by Gasteiger charge is -2.07. The molecule has 0 fully saturated rings. The number of carbonyl (C=O) groups excluding carboxylic acids is 2. The van der Waals surface area contributed by atoms with Gasteiger partial charge in [0.2, 0.25) is 5.78 Å². The van der Waals surface area contributed by atoms with Gasteiger partial charge in [-0.05, 0) is 50.3 Å². The summed E-state index contributed by atoms with van der Waals surface area (Å²) in [6.07, 6.45) is 5.84. The second-order valence-corrected chi connectivity index (χ2v) is 5.83. The molecule has 26 heavy (non-hydrogen) atoms. The lowest BCUT2D eigenvalue weighted by atomic mass is 10.1. The molecule has 6 heteroatoms. The Morgan fingerprint density at radius 1 is 1.15 bits per heavy atom. The first-order valence-corrected chi connectivity index (χ1v) is 8.15. The molecule has 0 radical (unpaired) electrons. The highest BCUT2D eigenvalue weighted by molar-refractivity contribution is 6.00. The smallest absolute Gasteiger partial charge is 0.331 e. The SMILES string of the molecule is Cc1cc(C(=O)COC(=O)/C=C/c2ccco2)c(C)n1Cc1ccco1. The van der Waals surface area contributed by atoms with E-state index in [-0.39, 0.29) is 12.4 Å². The van der Waals surface area contributed by atoms with Crippen LogP contribution >= 0.6 is 0 Å². The van der Waals surface area contributed by atoms with Crippen molar-refractivity contribution >= 4 is 17.8 Å². The van der Waals surface area contributed by atoms with Crippen molar-refractivity contribution in [1.29, 1.82) is 0 Å². The largest absolute Gasteiger partial charge is 0.467 e. The monoisotopic (exact) mass is 353 g/mol. The van der Waals surface area contributed by atoms with Crippen molar-refractivity contribution in [3.63, 3.8) is 0 Å². The number of Topliss-reactive ketones (excluding diaryl/α,β-unsaturated/α-hetero) is 1. The standard InChI is InChI=1S/C20H19NO5/c1-14-11-18(15(2)21(14)12-17-6-4-10-25-17)19(22)13-26-20(23)8-7-16-5-3-9-24-16/h3-11H,12-13H2,1-2H3/b8-7+. The molecular weight excluding hydrogens is 334 g/mol. The highest BCUT2D eigenvalue weighted by atomic mass is 16.5. The summed E-state index contributed by atoms with van der Waals surface area (Å²) in [5.74, 6) is 0.498. The zero-order valence-electron chi connectivity index (χ0n) is 14.6. The fraction of sp³-hybridized carbons (Fsp3) is 0.200. The lowest BCUT2D eigenvalue weighted by Crippen LogP contribution is -2.13. The second kappa shape index (κ2) is 7.74. The second-order valence-electron chi connectivity index (χ2n) is 5.83. The maximum Gasteiger partial charge on any atom is 0.331 e. The third-order valence-electron chi connectivity index (χ3n) is 4.04. The van der Waals surface area contributed by atoms with Crippen molar-refractivity contribution in [2.45, 2.75) is 20.4 Å². The molecule has 0 saturated heterocycles. The number of aromatic nitrogens is 1. The van der Waals surface area contributed by atoms with E-state index >= 15 is 0 Å². The van der Waals surface area contributed by atoms with E-state index in [1.807, 2.05) is 30.5 Å². The molecular formula is C20H19NO5. The summed E-state index contributed by atoms with van der Waals surface area (Å²) in [6, 6.07) is 8.93. The molecule has 0 N–H and O–H groups in total. The number of ketones is 1. The van der Waals surface area contributed by atoms with Gasteiger partial charge in [-0.2, -0.15) is 0 Å². The third kappa shape index (κ3) is 4.03. The highest BCUT2D eigenvalue weighted by Crippen LogP contribution is 2.18. The fourth-order valence-electron chi connectivity index (χ4n) is 2.68. The van der Waals surface area contributed by atoms with Gasteiger partial charge >= 0.3 is 5.97 Å². The Hall–Kier alpha value is -3.28. The number of rotatable bonds is 7. The molecule has 0 spiro atoms. The van der Waals surface area contributed by atoms with E-state index in [2.05, 4.69) is 0 Å². The topological polar surface area (TPSA) is 74.6 Å². The summed E-state index contributed by atoms with van der Waals surface area (Å²) in [6.45, 7) is 4.02. The van der Waals surface area contributed by atoms with Gasteiger partial charge in [0.25, 0.3) is 0 Å². The van der Waals surface area contributed by atoms with Crippen molar-refractivity contribution in [3.05, 3.63) is 77.4 Å².